The van der Waals surface area contributed by atoms with E-state index in [1.165, 1.54) is 11.8 Å². The van der Waals surface area contributed by atoms with Gasteiger partial charge in [-0.3, -0.25) is 9.69 Å². The first-order valence-corrected chi connectivity index (χ1v) is 11.2. The zero-order chi connectivity index (χ0) is 20.4. The van der Waals surface area contributed by atoms with Gasteiger partial charge in [0.25, 0.3) is 5.91 Å². The number of nitrogens with zero attached hydrogens (tertiary/aromatic N) is 1. The highest BCUT2D eigenvalue weighted by Gasteiger charge is 2.31. The highest BCUT2D eigenvalue weighted by atomic mass is 79.9. The maximum atomic E-state index is 12.7. The number of benzene rings is 3. The van der Waals surface area contributed by atoms with Crippen molar-refractivity contribution in [2.45, 2.75) is 13.5 Å². The molecule has 0 aromatic heterocycles. The lowest BCUT2D eigenvalue weighted by atomic mass is 10.0. The topological polar surface area (TPSA) is 29.5 Å². The average Bonchev–Trinajstić information content (AvgIpc) is 3.01. The van der Waals surface area contributed by atoms with Crippen LogP contribution in [-0.2, 0) is 11.4 Å². The summed E-state index contributed by atoms with van der Waals surface area (Å²) in [4.78, 5) is 15.0. The SMILES string of the molecule is CCN1C(=O)/C(=C/c2c(OCc3ccc(Br)cc3)ccc3ccccc23)SC1=S. The molecule has 146 valence electrons. The molecule has 1 aliphatic heterocycles. The smallest absolute Gasteiger partial charge is 0.266 e. The number of thioether (sulfide) groups is 1. The van der Waals surface area contributed by atoms with E-state index in [9.17, 15) is 4.79 Å². The van der Waals surface area contributed by atoms with Gasteiger partial charge in [0.1, 0.15) is 16.7 Å². The summed E-state index contributed by atoms with van der Waals surface area (Å²) in [6.07, 6.45) is 1.91. The molecule has 1 amide bonds. The molecule has 3 aromatic rings. The Bertz CT molecular complexity index is 1130. The second-order valence-corrected chi connectivity index (χ2v) is 9.13. The fraction of sp³-hybridized carbons (Fsp3) is 0.130. The summed E-state index contributed by atoms with van der Waals surface area (Å²) in [5, 5.41) is 2.14. The van der Waals surface area contributed by atoms with Gasteiger partial charge in [-0.1, -0.05) is 82.4 Å². The molecule has 0 aliphatic carbocycles. The maximum absolute atomic E-state index is 12.7. The Morgan fingerprint density at radius 3 is 2.59 bits per heavy atom. The minimum absolute atomic E-state index is 0.0470. The number of rotatable bonds is 5. The second kappa shape index (κ2) is 8.69. The monoisotopic (exact) mass is 483 g/mol. The third-order valence-corrected chi connectivity index (χ3v) is 6.61. The molecule has 29 heavy (non-hydrogen) atoms. The van der Waals surface area contributed by atoms with Crippen molar-refractivity contribution in [3.8, 4) is 5.75 Å². The molecule has 0 bridgehead atoms. The molecule has 3 nitrogen and oxygen atoms in total. The molecule has 1 aliphatic rings. The lowest BCUT2D eigenvalue weighted by Crippen LogP contribution is -2.27. The van der Waals surface area contributed by atoms with Gasteiger partial charge in [0, 0.05) is 16.6 Å². The molecule has 0 spiro atoms. The number of ether oxygens (including phenoxy) is 1. The van der Waals surface area contributed by atoms with Crippen LogP contribution in [-0.4, -0.2) is 21.7 Å². The van der Waals surface area contributed by atoms with Crippen molar-refractivity contribution in [2.24, 2.45) is 0 Å². The van der Waals surface area contributed by atoms with Crippen molar-refractivity contribution < 1.29 is 9.53 Å². The Morgan fingerprint density at radius 1 is 1.10 bits per heavy atom. The Labute approximate surface area is 187 Å². The average molecular weight is 484 g/mol. The van der Waals surface area contributed by atoms with E-state index >= 15 is 0 Å². The third kappa shape index (κ3) is 4.25. The standard InChI is InChI=1S/C23H18BrNO2S2/c1-2-25-22(26)21(29-23(25)28)13-19-18-6-4-3-5-16(18)9-12-20(19)27-14-15-7-10-17(24)11-8-15/h3-13H,2,14H2,1H3/b21-13-. The molecule has 0 atom stereocenters. The lowest BCUT2D eigenvalue weighted by Gasteiger charge is -2.13. The maximum Gasteiger partial charge on any atom is 0.266 e. The Morgan fingerprint density at radius 2 is 1.86 bits per heavy atom. The van der Waals surface area contributed by atoms with Crippen LogP contribution in [0, 0.1) is 0 Å². The van der Waals surface area contributed by atoms with Crippen molar-refractivity contribution >= 4 is 67.0 Å². The minimum atomic E-state index is -0.0470. The first-order chi connectivity index (χ1) is 14.1. The molecule has 0 saturated carbocycles. The molecule has 4 rings (SSSR count). The summed E-state index contributed by atoms with van der Waals surface area (Å²) in [6, 6.07) is 20.2. The zero-order valence-corrected chi connectivity index (χ0v) is 18.9. The van der Waals surface area contributed by atoms with Crippen molar-refractivity contribution in [3.05, 3.63) is 81.2 Å². The van der Waals surface area contributed by atoms with E-state index in [-0.39, 0.29) is 5.91 Å². The molecule has 0 N–H and O–H groups in total. The number of thiocarbonyl (C=S) groups is 1. The Kier molecular flexibility index (Phi) is 6.04. The van der Waals surface area contributed by atoms with Crippen LogP contribution >= 0.6 is 39.9 Å². The molecule has 1 saturated heterocycles. The van der Waals surface area contributed by atoms with Crippen molar-refractivity contribution in [1.29, 1.82) is 0 Å². The number of hydrogen-bond acceptors (Lipinski definition) is 4. The number of fused-ring (bicyclic) bond motifs is 1. The number of carbonyl (C=O) groups excluding carboxylic acids is 1. The minimum Gasteiger partial charge on any atom is -0.488 e. The lowest BCUT2D eigenvalue weighted by molar-refractivity contribution is -0.121. The molecular weight excluding hydrogens is 466 g/mol. The van der Waals surface area contributed by atoms with Crippen molar-refractivity contribution in [1.82, 2.24) is 4.90 Å². The summed E-state index contributed by atoms with van der Waals surface area (Å²) in [6.45, 7) is 2.95. The van der Waals surface area contributed by atoms with Gasteiger partial charge in [-0.15, -0.1) is 0 Å². The molecule has 0 unspecified atom stereocenters. The highest BCUT2D eigenvalue weighted by molar-refractivity contribution is 9.10. The van der Waals surface area contributed by atoms with E-state index in [2.05, 4.69) is 22.0 Å². The second-order valence-electron chi connectivity index (χ2n) is 6.54. The predicted molar refractivity (Wildman–Crippen MR) is 128 cm³/mol. The summed E-state index contributed by atoms with van der Waals surface area (Å²) < 4.78 is 7.80. The van der Waals surface area contributed by atoms with E-state index in [1.807, 2.05) is 67.6 Å². The largest absolute Gasteiger partial charge is 0.488 e. The van der Waals surface area contributed by atoms with E-state index in [0.29, 0.717) is 22.4 Å². The van der Waals surface area contributed by atoms with Crippen LogP contribution in [0.25, 0.3) is 16.8 Å². The van der Waals surface area contributed by atoms with E-state index < -0.39 is 0 Å². The van der Waals surface area contributed by atoms with Crippen molar-refractivity contribution in [3.63, 3.8) is 0 Å². The van der Waals surface area contributed by atoms with E-state index in [0.717, 1.165) is 32.1 Å². The van der Waals surface area contributed by atoms with E-state index in [4.69, 9.17) is 17.0 Å². The van der Waals surface area contributed by atoms with Gasteiger partial charge >= 0.3 is 0 Å². The normalized spacial score (nSPS) is 15.5. The molecule has 1 fully saturated rings. The Hall–Kier alpha value is -2.15. The van der Waals surface area contributed by atoms with Gasteiger partial charge in [-0.2, -0.15) is 0 Å². The first-order valence-electron chi connectivity index (χ1n) is 9.21. The van der Waals surface area contributed by atoms with Crippen LogP contribution in [0.2, 0.25) is 0 Å². The quantitative estimate of drug-likeness (QED) is 0.310. The van der Waals surface area contributed by atoms with Crippen molar-refractivity contribution in [2.75, 3.05) is 6.54 Å². The third-order valence-electron chi connectivity index (χ3n) is 4.70. The van der Waals surface area contributed by atoms with Crippen LogP contribution in [0.5, 0.6) is 5.75 Å². The Balaban J connectivity index is 1.73. The fourth-order valence-corrected chi connectivity index (χ4v) is 4.83. The molecule has 3 aromatic carbocycles. The van der Waals surface area contributed by atoms with Gasteiger partial charge in [0.15, 0.2) is 0 Å². The van der Waals surface area contributed by atoms with Gasteiger partial charge in [-0.05, 0) is 47.5 Å². The van der Waals surface area contributed by atoms with Gasteiger partial charge in [0.2, 0.25) is 0 Å². The molecular formula is C23H18BrNO2S2. The molecule has 1 heterocycles. The van der Waals surface area contributed by atoms with Crippen LogP contribution in [0.3, 0.4) is 0 Å². The fourth-order valence-electron chi connectivity index (χ4n) is 3.20. The molecule has 0 radical (unpaired) electrons. The van der Waals surface area contributed by atoms with Crippen LogP contribution in [0.15, 0.2) is 70.0 Å². The number of hydrogen-bond donors (Lipinski definition) is 0. The van der Waals surface area contributed by atoms with Gasteiger partial charge < -0.3 is 4.74 Å². The van der Waals surface area contributed by atoms with Gasteiger partial charge in [-0.25, -0.2) is 0 Å². The summed E-state index contributed by atoms with van der Waals surface area (Å²) in [5.41, 5.74) is 1.97. The summed E-state index contributed by atoms with van der Waals surface area (Å²) in [5.74, 6) is 0.697. The molecule has 6 heteroatoms. The van der Waals surface area contributed by atoms with Crippen LogP contribution in [0.1, 0.15) is 18.1 Å². The highest BCUT2D eigenvalue weighted by Crippen LogP contribution is 2.37. The summed E-state index contributed by atoms with van der Waals surface area (Å²) >= 11 is 10.2. The van der Waals surface area contributed by atoms with Crippen LogP contribution < -0.4 is 4.74 Å². The summed E-state index contributed by atoms with van der Waals surface area (Å²) in [7, 11) is 0. The number of carbonyl (C=O) groups is 1. The number of amides is 1. The van der Waals surface area contributed by atoms with Crippen LogP contribution in [0.4, 0.5) is 0 Å². The number of likely N-dealkylation sites (N-methyl/N-ethyl adjacent to an activating group) is 1. The first kappa shape index (κ1) is 20.1. The van der Waals surface area contributed by atoms with E-state index in [1.54, 1.807) is 4.90 Å². The van der Waals surface area contributed by atoms with Gasteiger partial charge in [0.05, 0.1) is 4.91 Å². The zero-order valence-electron chi connectivity index (χ0n) is 15.7. The number of halogens is 1. The predicted octanol–water partition coefficient (Wildman–Crippen LogP) is 6.40.